The molecule has 74 valence electrons. The Morgan fingerprint density at radius 3 is 2.57 bits per heavy atom. The largest absolute Gasteiger partial charge is 0.198 e. The summed E-state index contributed by atoms with van der Waals surface area (Å²) in [6.07, 6.45) is 0.614. The molecule has 0 spiro atoms. The number of rotatable bonds is 2. The van der Waals surface area contributed by atoms with Gasteiger partial charge in [-0.1, -0.05) is 23.2 Å². The summed E-state index contributed by atoms with van der Waals surface area (Å²) in [4.78, 5) is 0. The van der Waals surface area contributed by atoms with E-state index in [2.05, 4.69) is 6.07 Å². The lowest BCUT2D eigenvalue weighted by Crippen LogP contribution is -2.12. The molecule has 1 nitrogen and oxygen atoms in total. The van der Waals surface area contributed by atoms with Crippen molar-refractivity contribution in [3.05, 3.63) is 33.8 Å². The number of benzene rings is 1. The molecule has 0 atom stereocenters. The summed E-state index contributed by atoms with van der Waals surface area (Å²) in [6, 6.07) is 7.54. The predicted octanol–water partition coefficient (Wildman–Crippen LogP) is 4.09. The molecule has 1 aromatic carbocycles. The van der Waals surface area contributed by atoms with Crippen LogP contribution in [0.5, 0.6) is 0 Å². The maximum absolute atomic E-state index is 8.89. The molecule has 0 heterocycles. The number of hydrogen-bond donors (Lipinski definition) is 0. The van der Waals surface area contributed by atoms with Crippen LogP contribution in [0.15, 0.2) is 18.2 Å². The smallest absolute Gasteiger partial charge is 0.0687 e. The summed E-state index contributed by atoms with van der Waals surface area (Å²) in [5.74, 6) is 0. The normalized spacial score (nSPS) is 11.1. The molecular formula is C11H11Cl2N. The molecule has 0 saturated carbocycles. The zero-order chi connectivity index (χ0) is 10.8. The molecule has 0 saturated heterocycles. The van der Waals surface area contributed by atoms with Crippen LogP contribution in [0.2, 0.25) is 10.0 Å². The van der Waals surface area contributed by atoms with Gasteiger partial charge < -0.3 is 0 Å². The van der Waals surface area contributed by atoms with Gasteiger partial charge in [-0.05, 0) is 44.0 Å². The van der Waals surface area contributed by atoms with E-state index in [-0.39, 0.29) is 0 Å². The maximum Gasteiger partial charge on any atom is 0.0687 e. The fourth-order valence-corrected chi connectivity index (χ4v) is 1.57. The minimum atomic E-state index is -0.408. The number of halogens is 2. The van der Waals surface area contributed by atoms with Crippen molar-refractivity contribution < 1.29 is 0 Å². The Morgan fingerprint density at radius 1 is 1.36 bits per heavy atom. The Balaban J connectivity index is 2.98. The van der Waals surface area contributed by atoms with E-state index in [1.165, 1.54) is 0 Å². The molecule has 1 rings (SSSR count). The third-order valence-corrected chi connectivity index (χ3v) is 2.55. The van der Waals surface area contributed by atoms with Crippen LogP contribution in [-0.4, -0.2) is 0 Å². The molecule has 1 aromatic rings. The Kier molecular flexibility index (Phi) is 3.42. The topological polar surface area (TPSA) is 23.8 Å². The highest BCUT2D eigenvalue weighted by molar-refractivity contribution is 6.33. The number of nitrogens with zero attached hydrogens (tertiary/aromatic N) is 1. The van der Waals surface area contributed by atoms with Gasteiger partial charge in [0, 0.05) is 10.0 Å². The monoisotopic (exact) mass is 227 g/mol. The molecule has 0 aliphatic carbocycles. The van der Waals surface area contributed by atoms with Crippen molar-refractivity contribution in [1.82, 2.24) is 0 Å². The highest BCUT2D eigenvalue weighted by atomic mass is 35.5. The predicted molar refractivity (Wildman–Crippen MR) is 59.6 cm³/mol. The molecule has 0 fully saturated rings. The van der Waals surface area contributed by atoms with Crippen molar-refractivity contribution >= 4 is 23.2 Å². The van der Waals surface area contributed by atoms with Gasteiger partial charge in [-0.3, -0.25) is 0 Å². The Labute approximate surface area is 94.3 Å². The van der Waals surface area contributed by atoms with Gasteiger partial charge in [-0.25, -0.2) is 0 Å². The first-order chi connectivity index (χ1) is 6.44. The molecule has 3 heteroatoms. The lowest BCUT2D eigenvalue weighted by Gasteiger charge is -2.15. The lowest BCUT2D eigenvalue weighted by atomic mass is 9.87. The summed E-state index contributed by atoms with van der Waals surface area (Å²) in [5, 5.41) is 10.2. The summed E-state index contributed by atoms with van der Waals surface area (Å²) in [6.45, 7) is 3.76. The summed E-state index contributed by atoms with van der Waals surface area (Å²) >= 11 is 11.8. The fourth-order valence-electron chi connectivity index (χ4n) is 1.19. The average Bonchev–Trinajstić information content (AvgIpc) is 2.11. The molecule has 0 radical (unpaired) electrons. The second kappa shape index (κ2) is 4.21. The SMILES string of the molecule is CC(C)(C#N)Cc1cc(Cl)ccc1Cl. The van der Waals surface area contributed by atoms with Crippen molar-refractivity contribution in [3.8, 4) is 6.07 Å². The quantitative estimate of drug-likeness (QED) is 0.747. The minimum absolute atomic E-state index is 0.408. The van der Waals surface area contributed by atoms with Crippen LogP contribution in [0.4, 0.5) is 0 Å². The average molecular weight is 228 g/mol. The van der Waals surface area contributed by atoms with Gasteiger partial charge in [0.25, 0.3) is 0 Å². The van der Waals surface area contributed by atoms with E-state index in [0.29, 0.717) is 16.5 Å². The molecule has 0 aliphatic heterocycles. The number of hydrogen-bond acceptors (Lipinski definition) is 1. The molecule has 0 N–H and O–H groups in total. The first-order valence-corrected chi connectivity index (χ1v) is 5.05. The zero-order valence-corrected chi connectivity index (χ0v) is 9.65. The van der Waals surface area contributed by atoms with Crippen LogP contribution >= 0.6 is 23.2 Å². The molecule has 0 unspecified atom stereocenters. The maximum atomic E-state index is 8.89. The van der Waals surface area contributed by atoms with Gasteiger partial charge in [-0.15, -0.1) is 0 Å². The molecule has 0 amide bonds. The molecule has 0 bridgehead atoms. The molecule has 0 aromatic heterocycles. The summed E-state index contributed by atoms with van der Waals surface area (Å²) in [7, 11) is 0. The molecule has 0 aliphatic rings. The first-order valence-electron chi connectivity index (χ1n) is 4.30. The Hall–Kier alpha value is -0.710. The standard InChI is InChI=1S/C11H11Cl2N/c1-11(2,7-14)6-8-5-9(12)3-4-10(8)13/h3-5H,6H2,1-2H3. The second-order valence-corrected chi connectivity index (χ2v) is 4.75. The highest BCUT2D eigenvalue weighted by Gasteiger charge is 2.18. The van der Waals surface area contributed by atoms with Crippen LogP contribution in [0, 0.1) is 16.7 Å². The van der Waals surface area contributed by atoms with E-state index < -0.39 is 5.41 Å². The third kappa shape index (κ3) is 2.90. The van der Waals surface area contributed by atoms with E-state index in [9.17, 15) is 0 Å². The van der Waals surface area contributed by atoms with Crippen LogP contribution in [0.25, 0.3) is 0 Å². The summed E-state index contributed by atoms with van der Waals surface area (Å²) < 4.78 is 0. The highest BCUT2D eigenvalue weighted by Crippen LogP contribution is 2.27. The van der Waals surface area contributed by atoms with Crippen molar-refractivity contribution in [2.75, 3.05) is 0 Å². The van der Waals surface area contributed by atoms with E-state index >= 15 is 0 Å². The minimum Gasteiger partial charge on any atom is -0.198 e. The van der Waals surface area contributed by atoms with Gasteiger partial charge in [0.1, 0.15) is 0 Å². The fraction of sp³-hybridized carbons (Fsp3) is 0.364. The van der Waals surface area contributed by atoms with Crippen LogP contribution < -0.4 is 0 Å². The molecular weight excluding hydrogens is 217 g/mol. The van der Waals surface area contributed by atoms with Gasteiger partial charge in [0.15, 0.2) is 0 Å². The Bertz CT molecular complexity index is 377. The Morgan fingerprint density at radius 2 is 2.00 bits per heavy atom. The van der Waals surface area contributed by atoms with Gasteiger partial charge in [0.2, 0.25) is 0 Å². The van der Waals surface area contributed by atoms with E-state index in [1.807, 2.05) is 19.9 Å². The lowest BCUT2D eigenvalue weighted by molar-refractivity contribution is 0.493. The van der Waals surface area contributed by atoms with Crippen LogP contribution in [0.1, 0.15) is 19.4 Å². The zero-order valence-electron chi connectivity index (χ0n) is 8.14. The summed E-state index contributed by atoms with van der Waals surface area (Å²) in [5.41, 5.74) is 0.514. The second-order valence-electron chi connectivity index (χ2n) is 3.91. The van der Waals surface area contributed by atoms with Crippen molar-refractivity contribution in [1.29, 1.82) is 5.26 Å². The van der Waals surface area contributed by atoms with Crippen LogP contribution in [-0.2, 0) is 6.42 Å². The third-order valence-electron chi connectivity index (χ3n) is 1.94. The van der Waals surface area contributed by atoms with Crippen molar-refractivity contribution in [3.63, 3.8) is 0 Å². The van der Waals surface area contributed by atoms with Crippen LogP contribution in [0.3, 0.4) is 0 Å². The van der Waals surface area contributed by atoms with Gasteiger partial charge >= 0.3 is 0 Å². The van der Waals surface area contributed by atoms with Gasteiger partial charge in [0.05, 0.1) is 11.5 Å². The van der Waals surface area contributed by atoms with E-state index in [1.54, 1.807) is 12.1 Å². The number of nitriles is 1. The van der Waals surface area contributed by atoms with Crippen molar-refractivity contribution in [2.45, 2.75) is 20.3 Å². The van der Waals surface area contributed by atoms with Crippen molar-refractivity contribution in [2.24, 2.45) is 5.41 Å². The first kappa shape index (κ1) is 11.4. The molecule has 14 heavy (non-hydrogen) atoms. The van der Waals surface area contributed by atoms with Gasteiger partial charge in [-0.2, -0.15) is 5.26 Å². The van der Waals surface area contributed by atoms with E-state index in [0.717, 1.165) is 5.56 Å². The van der Waals surface area contributed by atoms with E-state index in [4.69, 9.17) is 28.5 Å².